The van der Waals surface area contributed by atoms with Crippen LogP contribution in [0.5, 0.6) is 0 Å². The van der Waals surface area contributed by atoms with E-state index >= 15 is 0 Å². The van der Waals surface area contributed by atoms with Crippen molar-refractivity contribution in [2.45, 2.75) is 51.2 Å². The van der Waals surface area contributed by atoms with Crippen LogP contribution in [0.25, 0.3) is 0 Å². The minimum absolute atomic E-state index is 0.0163. The van der Waals surface area contributed by atoms with Crippen LogP contribution in [0, 0.1) is 5.92 Å². The Bertz CT molecular complexity index is 372. The standard InChI is InChI=1S/C14H26N4O2/c1-9(2)13(15)14(20)16-8-12(19)17-10-5-7-18-6-3-4-11(10)18/h9-11,13H,3-8,15H2,1-2H3,(H,16,20)(H,17,19)/t10?,11?,13-/m0/s1. The summed E-state index contributed by atoms with van der Waals surface area (Å²) in [6.45, 7) is 6.01. The van der Waals surface area contributed by atoms with Crippen molar-refractivity contribution in [2.24, 2.45) is 11.7 Å². The molecule has 2 fully saturated rings. The highest BCUT2D eigenvalue weighted by molar-refractivity contribution is 5.87. The second-order valence-electron chi connectivity index (χ2n) is 6.20. The second-order valence-corrected chi connectivity index (χ2v) is 6.20. The van der Waals surface area contributed by atoms with Gasteiger partial charge in [-0.05, 0) is 31.7 Å². The summed E-state index contributed by atoms with van der Waals surface area (Å²) in [6, 6.07) is 0.174. The third-order valence-electron chi connectivity index (χ3n) is 4.40. The lowest BCUT2D eigenvalue weighted by molar-refractivity contribution is -0.127. The Labute approximate surface area is 120 Å². The highest BCUT2D eigenvalue weighted by atomic mass is 16.2. The third kappa shape index (κ3) is 3.49. The minimum Gasteiger partial charge on any atom is -0.350 e. The molecule has 2 amide bonds. The molecule has 4 N–H and O–H groups in total. The highest BCUT2D eigenvalue weighted by Crippen LogP contribution is 2.27. The van der Waals surface area contributed by atoms with Gasteiger partial charge in [-0.3, -0.25) is 14.5 Å². The molecule has 114 valence electrons. The SMILES string of the molecule is CC(C)[C@H](N)C(=O)NCC(=O)NC1CCN2CCCC12. The van der Waals surface area contributed by atoms with E-state index in [9.17, 15) is 9.59 Å². The van der Waals surface area contributed by atoms with Crippen LogP contribution in [0.1, 0.15) is 33.1 Å². The van der Waals surface area contributed by atoms with Crippen molar-refractivity contribution < 1.29 is 9.59 Å². The summed E-state index contributed by atoms with van der Waals surface area (Å²) in [6.07, 6.45) is 3.39. The van der Waals surface area contributed by atoms with E-state index in [1.54, 1.807) is 0 Å². The average Bonchev–Trinajstić information content (AvgIpc) is 3.00. The van der Waals surface area contributed by atoms with Crippen molar-refractivity contribution in [1.82, 2.24) is 15.5 Å². The molecule has 6 nitrogen and oxygen atoms in total. The van der Waals surface area contributed by atoms with Crippen LogP contribution in [-0.4, -0.2) is 54.5 Å². The first-order valence-electron chi connectivity index (χ1n) is 7.55. The molecule has 3 atom stereocenters. The zero-order valence-corrected chi connectivity index (χ0v) is 12.4. The summed E-state index contributed by atoms with van der Waals surface area (Å²) in [5.41, 5.74) is 5.73. The summed E-state index contributed by atoms with van der Waals surface area (Å²) in [7, 11) is 0. The predicted octanol–water partition coefficient (Wildman–Crippen LogP) is -0.561. The number of amides is 2. The maximum absolute atomic E-state index is 11.9. The molecule has 2 aliphatic heterocycles. The molecule has 2 unspecified atom stereocenters. The zero-order valence-electron chi connectivity index (χ0n) is 12.4. The normalized spacial score (nSPS) is 27.4. The Morgan fingerprint density at radius 2 is 2.05 bits per heavy atom. The molecule has 0 aromatic carbocycles. The molecular weight excluding hydrogens is 256 g/mol. The van der Waals surface area contributed by atoms with Crippen LogP contribution in [0.4, 0.5) is 0 Å². The first-order valence-corrected chi connectivity index (χ1v) is 7.55. The number of carbonyl (C=O) groups is 2. The number of nitrogens with two attached hydrogens (primary N) is 1. The quantitative estimate of drug-likeness (QED) is 0.631. The number of hydrogen-bond acceptors (Lipinski definition) is 4. The van der Waals surface area contributed by atoms with Crippen LogP contribution in [-0.2, 0) is 9.59 Å². The largest absolute Gasteiger partial charge is 0.350 e. The van der Waals surface area contributed by atoms with Crippen molar-refractivity contribution in [3.8, 4) is 0 Å². The minimum atomic E-state index is -0.556. The van der Waals surface area contributed by atoms with Crippen molar-refractivity contribution >= 4 is 11.8 Å². The third-order valence-corrected chi connectivity index (χ3v) is 4.40. The van der Waals surface area contributed by atoms with E-state index in [0.29, 0.717) is 6.04 Å². The number of carbonyl (C=O) groups excluding carboxylic acids is 2. The number of fused-ring (bicyclic) bond motifs is 1. The van der Waals surface area contributed by atoms with Gasteiger partial charge in [-0.1, -0.05) is 13.8 Å². The van der Waals surface area contributed by atoms with Crippen LogP contribution in [0.3, 0.4) is 0 Å². The number of hydrogen-bond donors (Lipinski definition) is 3. The van der Waals surface area contributed by atoms with Crippen molar-refractivity contribution in [3.63, 3.8) is 0 Å². The lowest BCUT2D eigenvalue weighted by Crippen LogP contribution is -2.50. The summed E-state index contributed by atoms with van der Waals surface area (Å²) < 4.78 is 0. The maximum atomic E-state index is 11.9. The Kier molecular flexibility index (Phi) is 4.99. The summed E-state index contributed by atoms with van der Waals surface area (Å²) >= 11 is 0. The fraction of sp³-hybridized carbons (Fsp3) is 0.857. The second kappa shape index (κ2) is 6.54. The van der Waals surface area contributed by atoms with Crippen LogP contribution < -0.4 is 16.4 Å². The molecule has 0 aliphatic carbocycles. The highest BCUT2D eigenvalue weighted by Gasteiger charge is 2.37. The van der Waals surface area contributed by atoms with Gasteiger partial charge in [0.1, 0.15) is 0 Å². The van der Waals surface area contributed by atoms with E-state index in [2.05, 4.69) is 15.5 Å². The first-order chi connectivity index (χ1) is 9.49. The van der Waals surface area contributed by atoms with Gasteiger partial charge in [-0.25, -0.2) is 0 Å². The predicted molar refractivity (Wildman–Crippen MR) is 77.0 cm³/mol. The van der Waals surface area contributed by atoms with E-state index < -0.39 is 6.04 Å². The monoisotopic (exact) mass is 282 g/mol. The molecule has 0 aromatic heterocycles. The molecule has 20 heavy (non-hydrogen) atoms. The molecule has 2 rings (SSSR count). The lowest BCUT2D eigenvalue weighted by Gasteiger charge is -2.21. The molecule has 6 heteroatoms. The Balaban J connectivity index is 1.72. The van der Waals surface area contributed by atoms with Crippen LogP contribution in [0.2, 0.25) is 0 Å². The van der Waals surface area contributed by atoms with Crippen LogP contribution in [0.15, 0.2) is 0 Å². The molecule has 0 spiro atoms. The van der Waals surface area contributed by atoms with Gasteiger partial charge in [0, 0.05) is 18.6 Å². The fourth-order valence-corrected chi connectivity index (χ4v) is 3.10. The van der Waals surface area contributed by atoms with Gasteiger partial charge < -0.3 is 16.4 Å². The molecule has 2 heterocycles. The van der Waals surface area contributed by atoms with Gasteiger partial charge in [0.05, 0.1) is 12.6 Å². The molecule has 2 saturated heterocycles. The number of nitrogens with zero attached hydrogens (tertiary/aromatic N) is 1. The number of nitrogens with one attached hydrogen (secondary N) is 2. The van der Waals surface area contributed by atoms with E-state index in [1.807, 2.05) is 13.8 Å². The van der Waals surface area contributed by atoms with Gasteiger partial charge in [0.2, 0.25) is 11.8 Å². The zero-order chi connectivity index (χ0) is 14.7. The van der Waals surface area contributed by atoms with Crippen molar-refractivity contribution in [3.05, 3.63) is 0 Å². The fourth-order valence-electron chi connectivity index (χ4n) is 3.10. The molecular formula is C14H26N4O2. The van der Waals surface area contributed by atoms with Crippen molar-refractivity contribution in [1.29, 1.82) is 0 Å². The summed E-state index contributed by atoms with van der Waals surface area (Å²) in [5.74, 6) is -0.308. The smallest absolute Gasteiger partial charge is 0.239 e. The average molecular weight is 282 g/mol. The van der Waals surface area contributed by atoms with Gasteiger partial charge in [0.25, 0.3) is 0 Å². The molecule has 0 bridgehead atoms. The molecule has 0 aromatic rings. The van der Waals surface area contributed by atoms with E-state index in [-0.39, 0.29) is 30.3 Å². The van der Waals surface area contributed by atoms with Gasteiger partial charge in [0.15, 0.2) is 0 Å². The van der Waals surface area contributed by atoms with Gasteiger partial charge in [-0.15, -0.1) is 0 Å². The lowest BCUT2D eigenvalue weighted by atomic mass is 10.1. The van der Waals surface area contributed by atoms with E-state index in [0.717, 1.165) is 25.9 Å². The van der Waals surface area contributed by atoms with Crippen LogP contribution >= 0.6 is 0 Å². The first kappa shape index (κ1) is 15.3. The molecule has 2 aliphatic rings. The molecule has 0 saturated carbocycles. The maximum Gasteiger partial charge on any atom is 0.239 e. The summed E-state index contributed by atoms with van der Waals surface area (Å²) in [4.78, 5) is 26.0. The number of rotatable bonds is 5. The van der Waals surface area contributed by atoms with Crippen molar-refractivity contribution in [2.75, 3.05) is 19.6 Å². The van der Waals surface area contributed by atoms with E-state index in [4.69, 9.17) is 5.73 Å². The molecule has 0 radical (unpaired) electrons. The van der Waals surface area contributed by atoms with Gasteiger partial charge in [-0.2, -0.15) is 0 Å². The Morgan fingerprint density at radius 3 is 2.75 bits per heavy atom. The van der Waals surface area contributed by atoms with Gasteiger partial charge >= 0.3 is 0 Å². The van der Waals surface area contributed by atoms with E-state index in [1.165, 1.54) is 6.42 Å². The summed E-state index contributed by atoms with van der Waals surface area (Å²) in [5, 5.41) is 5.65. The Morgan fingerprint density at radius 1 is 1.30 bits per heavy atom. The Hall–Kier alpha value is -1.14. The topological polar surface area (TPSA) is 87.5 Å².